The molecule has 0 radical (unpaired) electrons. The molecule has 1 aliphatic rings. The second kappa shape index (κ2) is 3.27. The van der Waals surface area contributed by atoms with E-state index in [0.717, 1.165) is 0 Å². The number of ether oxygens (including phenoxy) is 1. The Bertz CT molecular complexity index is 148. The van der Waals surface area contributed by atoms with E-state index in [-0.39, 0.29) is 12.9 Å². The molecular formula is C6H10O5. The van der Waals surface area contributed by atoms with Crippen LogP contribution in [0.25, 0.3) is 0 Å². The van der Waals surface area contributed by atoms with E-state index in [0.29, 0.717) is 0 Å². The molecule has 0 aromatic rings. The topological polar surface area (TPSA) is 87.0 Å². The smallest absolute Gasteiger partial charge is 0.151 e. The third-order valence-corrected chi connectivity index (χ3v) is 1.67. The van der Waals surface area contributed by atoms with Gasteiger partial charge in [-0.2, -0.15) is 0 Å². The first-order valence-corrected chi connectivity index (χ1v) is 3.28. The van der Waals surface area contributed by atoms with Crippen molar-refractivity contribution in [2.45, 2.75) is 24.4 Å². The van der Waals surface area contributed by atoms with Gasteiger partial charge in [0.25, 0.3) is 0 Å². The number of aldehydes is 1. The van der Waals surface area contributed by atoms with Crippen molar-refractivity contribution >= 4 is 6.29 Å². The fourth-order valence-electron chi connectivity index (χ4n) is 1.00. The number of aliphatic hydroxyl groups excluding tert-OH is 3. The van der Waals surface area contributed by atoms with Crippen molar-refractivity contribution in [3.63, 3.8) is 0 Å². The quantitative estimate of drug-likeness (QED) is 0.396. The third-order valence-electron chi connectivity index (χ3n) is 1.67. The Morgan fingerprint density at radius 1 is 1.55 bits per heavy atom. The van der Waals surface area contributed by atoms with Gasteiger partial charge in [0.05, 0.1) is 6.61 Å². The zero-order valence-electron chi connectivity index (χ0n) is 5.75. The highest BCUT2D eigenvalue weighted by molar-refractivity contribution is 5.57. The summed E-state index contributed by atoms with van der Waals surface area (Å²) in [4.78, 5) is 10.0. The van der Waals surface area contributed by atoms with Gasteiger partial charge in [-0.3, -0.25) is 0 Å². The first kappa shape index (κ1) is 8.61. The van der Waals surface area contributed by atoms with Crippen LogP contribution in [0.3, 0.4) is 0 Å². The average molecular weight is 162 g/mol. The van der Waals surface area contributed by atoms with E-state index >= 15 is 0 Å². The molecule has 0 unspecified atom stereocenters. The van der Waals surface area contributed by atoms with E-state index < -0.39 is 24.4 Å². The zero-order valence-corrected chi connectivity index (χ0v) is 5.75. The number of hydrogen-bond donors (Lipinski definition) is 3. The summed E-state index contributed by atoms with van der Waals surface area (Å²) in [6.07, 6.45) is -4.25. The Morgan fingerprint density at radius 3 is 2.55 bits per heavy atom. The van der Waals surface area contributed by atoms with Gasteiger partial charge in [-0.1, -0.05) is 0 Å². The van der Waals surface area contributed by atoms with Crippen LogP contribution in [-0.2, 0) is 9.53 Å². The number of carbonyl (C=O) groups is 1. The monoisotopic (exact) mass is 162 g/mol. The molecule has 0 saturated carbocycles. The fourth-order valence-corrected chi connectivity index (χ4v) is 1.00. The highest BCUT2D eigenvalue weighted by Gasteiger charge is 2.38. The van der Waals surface area contributed by atoms with Crippen molar-refractivity contribution in [1.82, 2.24) is 0 Å². The molecule has 0 aliphatic carbocycles. The van der Waals surface area contributed by atoms with Gasteiger partial charge in [-0.15, -0.1) is 0 Å². The van der Waals surface area contributed by atoms with Gasteiger partial charge >= 0.3 is 0 Å². The highest BCUT2D eigenvalue weighted by atomic mass is 16.5. The molecule has 1 fully saturated rings. The Balaban J connectivity index is 2.54. The predicted molar refractivity (Wildman–Crippen MR) is 33.8 cm³/mol. The number of aliphatic hydroxyl groups is 3. The SMILES string of the molecule is O=C[C@@H](O)[C@@H]1OC[C@@H](O)[C@H]1O. The normalized spacial score (nSPS) is 40.5. The summed E-state index contributed by atoms with van der Waals surface area (Å²) < 4.78 is 4.75. The maximum atomic E-state index is 10.0. The van der Waals surface area contributed by atoms with E-state index in [1.165, 1.54) is 0 Å². The van der Waals surface area contributed by atoms with Crippen LogP contribution < -0.4 is 0 Å². The molecule has 64 valence electrons. The maximum absolute atomic E-state index is 10.0. The molecule has 0 aromatic carbocycles. The van der Waals surface area contributed by atoms with E-state index in [4.69, 9.17) is 20.1 Å². The summed E-state index contributed by atoms with van der Waals surface area (Å²) in [5.41, 5.74) is 0. The van der Waals surface area contributed by atoms with E-state index in [2.05, 4.69) is 0 Å². The number of hydrogen-bond acceptors (Lipinski definition) is 5. The summed E-state index contributed by atoms with van der Waals surface area (Å²) in [7, 11) is 0. The predicted octanol–water partition coefficient (Wildman–Crippen LogP) is -2.33. The van der Waals surface area contributed by atoms with Crippen LogP contribution in [0.2, 0.25) is 0 Å². The Morgan fingerprint density at radius 2 is 2.18 bits per heavy atom. The lowest BCUT2D eigenvalue weighted by molar-refractivity contribution is -0.124. The largest absolute Gasteiger partial charge is 0.388 e. The molecule has 5 nitrogen and oxygen atoms in total. The highest BCUT2D eigenvalue weighted by Crippen LogP contribution is 2.16. The lowest BCUT2D eigenvalue weighted by Gasteiger charge is -2.15. The molecule has 1 heterocycles. The molecule has 1 rings (SSSR count). The van der Waals surface area contributed by atoms with Crippen molar-refractivity contribution in [2.75, 3.05) is 6.61 Å². The third kappa shape index (κ3) is 1.57. The average Bonchev–Trinajstić information content (AvgIpc) is 2.32. The van der Waals surface area contributed by atoms with E-state index in [1.807, 2.05) is 0 Å². The first-order chi connectivity index (χ1) is 5.16. The van der Waals surface area contributed by atoms with Crippen LogP contribution in [0.4, 0.5) is 0 Å². The van der Waals surface area contributed by atoms with Gasteiger partial charge in [0, 0.05) is 0 Å². The molecule has 0 bridgehead atoms. The maximum Gasteiger partial charge on any atom is 0.151 e. The van der Waals surface area contributed by atoms with Crippen molar-refractivity contribution in [3.8, 4) is 0 Å². The molecular weight excluding hydrogens is 152 g/mol. The molecule has 3 N–H and O–H groups in total. The van der Waals surface area contributed by atoms with Gasteiger partial charge in [0.2, 0.25) is 0 Å². The number of carbonyl (C=O) groups excluding carboxylic acids is 1. The summed E-state index contributed by atoms with van der Waals surface area (Å²) in [5.74, 6) is 0. The van der Waals surface area contributed by atoms with E-state index in [1.54, 1.807) is 0 Å². The van der Waals surface area contributed by atoms with Crippen LogP contribution in [0, 0.1) is 0 Å². The van der Waals surface area contributed by atoms with Crippen LogP contribution >= 0.6 is 0 Å². The van der Waals surface area contributed by atoms with Gasteiger partial charge in [0.1, 0.15) is 24.4 Å². The van der Waals surface area contributed by atoms with Gasteiger partial charge in [0.15, 0.2) is 6.29 Å². The van der Waals surface area contributed by atoms with Crippen LogP contribution in [0.1, 0.15) is 0 Å². The minimum atomic E-state index is -1.36. The molecule has 11 heavy (non-hydrogen) atoms. The molecule has 0 aromatic heterocycles. The van der Waals surface area contributed by atoms with Crippen molar-refractivity contribution in [2.24, 2.45) is 0 Å². The number of rotatable bonds is 2. The van der Waals surface area contributed by atoms with Crippen molar-refractivity contribution in [3.05, 3.63) is 0 Å². The molecule has 5 heteroatoms. The lowest BCUT2D eigenvalue weighted by Crippen LogP contribution is -2.39. The Labute approximate surface area is 63.2 Å². The summed E-state index contributed by atoms with van der Waals surface area (Å²) in [5, 5.41) is 26.9. The zero-order chi connectivity index (χ0) is 8.43. The lowest BCUT2D eigenvalue weighted by atomic mass is 10.1. The molecule has 1 aliphatic heterocycles. The minimum absolute atomic E-state index is 0.0449. The molecule has 1 saturated heterocycles. The van der Waals surface area contributed by atoms with Crippen LogP contribution in [0.5, 0.6) is 0 Å². The second-order valence-electron chi connectivity index (χ2n) is 2.48. The summed E-state index contributed by atoms with van der Waals surface area (Å²) in [6, 6.07) is 0. The van der Waals surface area contributed by atoms with E-state index in [9.17, 15) is 4.79 Å². The van der Waals surface area contributed by atoms with Crippen LogP contribution in [0.15, 0.2) is 0 Å². The summed E-state index contributed by atoms with van der Waals surface area (Å²) in [6.45, 7) is -0.0449. The van der Waals surface area contributed by atoms with Crippen molar-refractivity contribution < 1.29 is 24.9 Å². The van der Waals surface area contributed by atoms with Gasteiger partial charge in [-0.05, 0) is 0 Å². The molecule has 4 atom stereocenters. The van der Waals surface area contributed by atoms with Gasteiger partial charge < -0.3 is 24.9 Å². The standard InChI is InChI=1S/C6H10O5/c7-1-3(8)6-5(10)4(9)2-11-6/h1,3-6,8-10H,2H2/t3-,4-,5-,6+/m1/s1. The fraction of sp³-hybridized carbons (Fsp3) is 0.833. The van der Waals surface area contributed by atoms with Gasteiger partial charge in [-0.25, -0.2) is 0 Å². The Hall–Kier alpha value is -0.490. The van der Waals surface area contributed by atoms with Crippen molar-refractivity contribution in [1.29, 1.82) is 0 Å². The molecule has 0 amide bonds. The minimum Gasteiger partial charge on any atom is -0.388 e. The Kier molecular flexibility index (Phi) is 2.56. The second-order valence-corrected chi connectivity index (χ2v) is 2.48. The molecule has 0 spiro atoms. The summed E-state index contributed by atoms with van der Waals surface area (Å²) >= 11 is 0. The van der Waals surface area contributed by atoms with Crippen LogP contribution in [-0.4, -0.2) is 52.6 Å². The first-order valence-electron chi connectivity index (χ1n) is 3.28.